The van der Waals surface area contributed by atoms with E-state index in [1.165, 1.54) is 0 Å². The zero-order chi connectivity index (χ0) is 24.0. The Morgan fingerprint density at radius 1 is 1.06 bits per heavy atom. The van der Waals surface area contributed by atoms with Gasteiger partial charge in [0.05, 0.1) is 11.8 Å². The molecule has 31 heavy (non-hydrogen) atoms. The molecule has 10 nitrogen and oxygen atoms in total. The van der Waals surface area contributed by atoms with Crippen molar-refractivity contribution in [1.29, 1.82) is 0 Å². The summed E-state index contributed by atoms with van der Waals surface area (Å²) in [4.78, 5) is 47.4. The molecule has 0 aromatic heterocycles. The van der Waals surface area contributed by atoms with E-state index >= 15 is 0 Å². The van der Waals surface area contributed by atoms with Crippen molar-refractivity contribution < 1.29 is 27.6 Å². The lowest BCUT2D eigenvalue weighted by Crippen LogP contribution is -2.53. The lowest BCUT2D eigenvalue weighted by atomic mass is 10.0. The molecule has 4 amide bonds. The molecule has 5 N–H and O–H groups in total. The van der Waals surface area contributed by atoms with Crippen molar-refractivity contribution in [3.05, 3.63) is 12.0 Å². The number of carbonyl (C=O) groups excluding carboxylic acids is 4. The van der Waals surface area contributed by atoms with Gasteiger partial charge in [-0.1, -0.05) is 26.8 Å². The van der Waals surface area contributed by atoms with Crippen LogP contribution in [0.4, 0.5) is 4.79 Å². The summed E-state index contributed by atoms with van der Waals surface area (Å²) in [5.74, 6) is -0.986. The maximum absolute atomic E-state index is 12.6. The predicted molar refractivity (Wildman–Crippen MR) is 127 cm³/mol. The van der Waals surface area contributed by atoms with E-state index in [1.807, 2.05) is 0 Å². The van der Waals surface area contributed by atoms with Crippen molar-refractivity contribution in [2.24, 2.45) is 11.7 Å². The predicted octanol–water partition coefficient (Wildman–Crippen LogP) is 1.14. The standard InChI is InChI=1S/C19H33IN4O6S/c1-4-31(29,30)12-7-5-6-10-15(25)24-16(13(2)3)18(27)23-14(17(20)26)9-8-11-22-19(21)28/h4,13-14,16H,1,5-12H2,2-3H3,(H,23,27)(H,24,25)(H3,21,22,28)/t14-,16-/m1/s1. The lowest BCUT2D eigenvalue weighted by molar-refractivity contribution is -0.131. The Morgan fingerprint density at radius 3 is 2.23 bits per heavy atom. The van der Waals surface area contributed by atoms with Crippen LogP contribution in [0.3, 0.4) is 0 Å². The zero-order valence-corrected chi connectivity index (χ0v) is 21.0. The van der Waals surface area contributed by atoms with E-state index in [1.54, 1.807) is 36.4 Å². The molecule has 0 aliphatic heterocycles. The third-order valence-electron chi connectivity index (χ3n) is 4.41. The molecule has 0 aromatic carbocycles. The van der Waals surface area contributed by atoms with Gasteiger partial charge < -0.3 is 21.7 Å². The first kappa shape index (κ1) is 29.3. The monoisotopic (exact) mass is 572 g/mol. The smallest absolute Gasteiger partial charge is 0.312 e. The highest BCUT2D eigenvalue weighted by molar-refractivity contribution is 14.1. The summed E-state index contributed by atoms with van der Waals surface area (Å²) in [6.07, 6.45) is 2.41. The maximum atomic E-state index is 12.6. The van der Waals surface area contributed by atoms with E-state index in [0.717, 1.165) is 5.41 Å². The van der Waals surface area contributed by atoms with Crippen LogP contribution < -0.4 is 21.7 Å². The Balaban J connectivity index is 4.60. The fourth-order valence-electron chi connectivity index (χ4n) is 2.65. The van der Waals surface area contributed by atoms with Crippen molar-refractivity contribution in [3.8, 4) is 0 Å². The van der Waals surface area contributed by atoms with Crippen LogP contribution in [0.5, 0.6) is 0 Å². The largest absolute Gasteiger partial charge is 0.352 e. The second kappa shape index (κ2) is 15.2. The van der Waals surface area contributed by atoms with Crippen molar-refractivity contribution in [2.75, 3.05) is 12.3 Å². The van der Waals surface area contributed by atoms with Crippen LogP contribution in [0, 0.1) is 5.92 Å². The van der Waals surface area contributed by atoms with Crippen molar-refractivity contribution in [2.45, 2.75) is 64.5 Å². The number of urea groups is 1. The van der Waals surface area contributed by atoms with E-state index in [-0.39, 0.29) is 34.3 Å². The van der Waals surface area contributed by atoms with Gasteiger partial charge in [0.25, 0.3) is 0 Å². The Kier molecular flexibility index (Phi) is 14.3. The number of nitrogens with one attached hydrogen (secondary N) is 3. The fourth-order valence-corrected chi connectivity index (χ4v) is 3.89. The number of unbranched alkanes of at least 4 members (excludes halogenated alkanes) is 2. The molecule has 0 saturated heterocycles. The van der Waals surface area contributed by atoms with Gasteiger partial charge in [0.15, 0.2) is 9.84 Å². The van der Waals surface area contributed by atoms with Gasteiger partial charge in [0, 0.05) is 41.0 Å². The highest BCUT2D eigenvalue weighted by atomic mass is 127. The number of sulfone groups is 1. The summed E-state index contributed by atoms with van der Waals surface area (Å²) in [5, 5.41) is 8.69. The normalized spacial score (nSPS) is 13.2. The van der Waals surface area contributed by atoms with E-state index in [2.05, 4.69) is 22.5 Å². The van der Waals surface area contributed by atoms with Gasteiger partial charge in [-0.05, 0) is 31.6 Å². The molecule has 0 radical (unpaired) electrons. The minimum atomic E-state index is -3.24. The second-order valence-electron chi connectivity index (χ2n) is 7.43. The van der Waals surface area contributed by atoms with Gasteiger partial charge >= 0.3 is 6.03 Å². The van der Waals surface area contributed by atoms with Crippen LogP contribution in [0.25, 0.3) is 0 Å². The molecule has 0 bridgehead atoms. The SMILES string of the molecule is C=CS(=O)(=O)CCCCCC(=O)N[C@@H](C(=O)N[C@H](CCCNC(N)=O)C(=O)I)C(C)C. The highest BCUT2D eigenvalue weighted by Gasteiger charge is 2.27. The number of nitrogens with two attached hydrogens (primary N) is 1. The summed E-state index contributed by atoms with van der Waals surface area (Å²) >= 11 is 1.60. The molecule has 178 valence electrons. The summed E-state index contributed by atoms with van der Waals surface area (Å²) in [5.41, 5.74) is 4.99. The maximum Gasteiger partial charge on any atom is 0.312 e. The summed E-state index contributed by atoms with van der Waals surface area (Å²) in [6.45, 7) is 7.09. The Morgan fingerprint density at radius 2 is 1.71 bits per heavy atom. The van der Waals surface area contributed by atoms with Gasteiger partial charge in [0.2, 0.25) is 15.6 Å². The van der Waals surface area contributed by atoms with Gasteiger partial charge in [0.1, 0.15) is 6.04 Å². The van der Waals surface area contributed by atoms with E-state index < -0.39 is 33.9 Å². The lowest BCUT2D eigenvalue weighted by Gasteiger charge is -2.24. The van der Waals surface area contributed by atoms with E-state index in [0.29, 0.717) is 32.1 Å². The molecule has 12 heteroatoms. The van der Waals surface area contributed by atoms with Gasteiger partial charge in [-0.2, -0.15) is 0 Å². The second-order valence-corrected chi connectivity index (χ2v) is 10.6. The number of carbonyl (C=O) groups is 4. The van der Waals surface area contributed by atoms with Gasteiger partial charge in [-0.15, -0.1) is 0 Å². The average Bonchev–Trinajstić information content (AvgIpc) is 2.67. The Labute approximate surface area is 197 Å². The molecular weight excluding hydrogens is 539 g/mol. The topological polar surface area (TPSA) is 165 Å². The molecule has 0 spiro atoms. The first-order valence-electron chi connectivity index (χ1n) is 10.1. The Hall–Kier alpha value is -1.70. The third kappa shape index (κ3) is 14.1. The molecule has 0 rings (SSSR count). The number of hydrogen-bond donors (Lipinski definition) is 4. The van der Waals surface area contributed by atoms with Crippen molar-refractivity contribution >= 4 is 54.1 Å². The fraction of sp³-hybridized carbons (Fsp3) is 0.684. The number of amides is 4. The average molecular weight is 572 g/mol. The number of primary amides is 1. The molecular formula is C19H33IN4O6S. The van der Waals surface area contributed by atoms with Crippen LogP contribution >= 0.6 is 22.6 Å². The molecule has 0 saturated carbocycles. The minimum absolute atomic E-state index is 0.00414. The molecule has 0 aromatic rings. The molecule has 0 aliphatic rings. The first-order valence-corrected chi connectivity index (χ1v) is 12.9. The number of halogens is 1. The van der Waals surface area contributed by atoms with Crippen LogP contribution in [0.1, 0.15) is 52.4 Å². The Bertz CT molecular complexity index is 742. The number of rotatable bonds is 16. The van der Waals surface area contributed by atoms with Crippen LogP contribution in [0.2, 0.25) is 0 Å². The van der Waals surface area contributed by atoms with Crippen molar-refractivity contribution in [3.63, 3.8) is 0 Å². The van der Waals surface area contributed by atoms with E-state index in [4.69, 9.17) is 5.73 Å². The van der Waals surface area contributed by atoms with Gasteiger partial charge in [-0.25, -0.2) is 13.2 Å². The summed E-state index contributed by atoms with van der Waals surface area (Å²) in [7, 11) is -3.24. The molecule has 0 heterocycles. The first-order chi connectivity index (χ1) is 14.4. The highest BCUT2D eigenvalue weighted by Crippen LogP contribution is 2.09. The van der Waals surface area contributed by atoms with Crippen molar-refractivity contribution in [1.82, 2.24) is 16.0 Å². The zero-order valence-electron chi connectivity index (χ0n) is 18.0. The number of hydrogen-bond acceptors (Lipinski definition) is 6. The summed E-state index contributed by atoms with van der Waals surface area (Å²) in [6, 6.07) is -2.21. The summed E-state index contributed by atoms with van der Waals surface area (Å²) < 4.78 is 22.4. The van der Waals surface area contributed by atoms with Gasteiger partial charge in [-0.3, -0.25) is 14.4 Å². The quantitative estimate of drug-likeness (QED) is 0.123. The van der Waals surface area contributed by atoms with E-state index in [9.17, 15) is 27.6 Å². The molecule has 0 aliphatic carbocycles. The molecule has 0 fully saturated rings. The van der Waals surface area contributed by atoms with Crippen LogP contribution in [0.15, 0.2) is 12.0 Å². The molecule has 2 atom stereocenters. The minimum Gasteiger partial charge on any atom is -0.352 e. The van der Waals surface area contributed by atoms with Crippen LogP contribution in [-0.2, 0) is 24.2 Å². The third-order valence-corrected chi connectivity index (χ3v) is 6.53. The molecule has 0 unspecified atom stereocenters. The van der Waals surface area contributed by atoms with Crippen LogP contribution in [-0.4, -0.2) is 54.4 Å².